The second-order valence-corrected chi connectivity index (χ2v) is 8.69. The van der Waals surface area contributed by atoms with Crippen molar-refractivity contribution in [2.24, 2.45) is 10.2 Å². The third-order valence-electron chi connectivity index (χ3n) is 5.30. The molecule has 0 spiro atoms. The molecule has 0 saturated carbocycles. The van der Waals surface area contributed by atoms with E-state index >= 15 is 0 Å². The number of alkyl halides is 3. The first-order valence-electron chi connectivity index (χ1n) is 10.8. The number of halogens is 3. The van der Waals surface area contributed by atoms with E-state index in [9.17, 15) is 27.9 Å². The molecule has 0 aliphatic heterocycles. The fourth-order valence-corrected chi connectivity index (χ4v) is 4.07. The zero-order valence-electron chi connectivity index (χ0n) is 19.6. The average Bonchev–Trinajstić information content (AvgIpc) is 3.18. The molecule has 0 saturated heterocycles. The van der Waals surface area contributed by atoms with E-state index in [4.69, 9.17) is 5.11 Å². The second-order valence-electron chi connectivity index (χ2n) is 7.83. The quantitative estimate of drug-likeness (QED) is 0.132. The first kappa shape index (κ1) is 26.5. The number of ether oxygens (including phenoxy) is 1. The molecule has 3 N–H and O–H groups in total. The molecule has 196 valence electrons. The van der Waals surface area contributed by atoms with Crippen molar-refractivity contribution < 1.29 is 32.9 Å². The molecule has 0 fully saturated rings. The number of aromatic hydroxyl groups is 1. The standard InChI is InChI=1S/C25H19F3N4O5S/c1-38-13-20-21(23(34)32(31-20)16-10-8-15(9-11-16)25(26,27)28)30-29-19-7-3-6-18(22(19)33)14-4-2-5-17(12-14)37-24(35)36/h2-12,31,33H,13H2,1H3,(H,35,36). The number of H-pyrrole nitrogens is 1. The van der Waals surface area contributed by atoms with Crippen LogP contribution in [-0.4, -0.2) is 32.4 Å². The molecule has 0 aliphatic carbocycles. The van der Waals surface area contributed by atoms with E-state index in [0.717, 1.165) is 16.8 Å². The lowest BCUT2D eigenvalue weighted by Crippen LogP contribution is -2.14. The van der Waals surface area contributed by atoms with E-state index in [-0.39, 0.29) is 28.6 Å². The molecular weight excluding hydrogens is 525 g/mol. The number of rotatable bonds is 7. The number of benzene rings is 3. The van der Waals surface area contributed by atoms with Gasteiger partial charge in [-0.15, -0.1) is 10.2 Å². The van der Waals surface area contributed by atoms with Gasteiger partial charge in [-0.3, -0.25) is 9.89 Å². The summed E-state index contributed by atoms with van der Waals surface area (Å²) < 4.78 is 44.5. The lowest BCUT2D eigenvalue weighted by atomic mass is 10.0. The van der Waals surface area contributed by atoms with E-state index in [0.29, 0.717) is 22.6 Å². The van der Waals surface area contributed by atoms with Gasteiger partial charge < -0.3 is 14.9 Å². The Labute approximate surface area is 217 Å². The summed E-state index contributed by atoms with van der Waals surface area (Å²) >= 11 is 1.39. The highest BCUT2D eigenvalue weighted by Gasteiger charge is 2.30. The van der Waals surface area contributed by atoms with Crippen molar-refractivity contribution in [3.05, 3.63) is 88.3 Å². The molecule has 0 bridgehead atoms. The highest BCUT2D eigenvalue weighted by molar-refractivity contribution is 7.97. The van der Waals surface area contributed by atoms with Crippen molar-refractivity contribution in [3.63, 3.8) is 0 Å². The molecule has 0 atom stereocenters. The third-order valence-corrected chi connectivity index (χ3v) is 5.88. The molecule has 4 aromatic rings. The van der Waals surface area contributed by atoms with Gasteiger partial charge in [0.15, 0.2) is 11.4 Å². The molecule has 13 heteroatoms. The molecule has 0 unspecified atom stereocenters. The first-order chi connectivity index (χ1) is 18.1. The van der Waals surface area contributed by atoms with Gasteiger partial charge in [0.2, 0.25) is 0 Å². The minimum Gasteiger partial charge on any atom is -0.505 e. The minimum absolute atomic E-state index is 0.0313. The van der Waals surface area contributed by atoms with Gasteiger partial charge >= 0.3 is 12.3 Å². The van der Waals surface area contributed by atoms with Gasteiger partial charge in [0.05, 0.1) is 16.9 Å². The van der Waals surface area contributed by atoms with Crippen molar-refractivity contribution in [1.82, 2.24) is 9.78 Å². The summed E-state index contributed by atoms with van der Waals surface area (Å²) in [7, 11) is 0. The number of hydrogen-bond acceptors (Lipinski definition) is 7. The Hall–Kier alpha value is -4.52. The molecule has 0 aliphatic rings. The Bertz CT molecular complexity index is 1560. The Kier molecular flexibility index (Phi) is 7.57. The number of nitrogens with zero attached hydrogens (tertiary/aromatic N) is 3. The van der Waals surface area contributed by atoms with Crippen LogP contribution in [0.1, 0.15) is 11.3 Å². The second kappa shape index (κ2) is 10.8. The summed E-state index contributed by atoms with van der Waals surface area (Å²) in [6, 6.07) is 14.8. The molecule has 4 rings (SSSR count). The fourth-order valence-electron chi connectivity index (χ4n) is 3.58. The van der Waals surface area contributed by atoms with Crippen LogP contribution in [0.5, 0.6) is 11.5 Å². The van der Waals surface area contributed by atoms with Crippen LogP contribution in [0.15, 0.2) is 81.8 Å². The van der Waals surface area contributed by atoms with Gasteiger partial charge in [-0.2, -0.15) is 24.9 Å². The number of carbonyl (C=O) groups is 1. The van der Waals surface area contributed by atoms with Crippen molar-refractivity contribution in [3.8, 4) is 28.3 Å². The molecule has 9 nitrogen and oxygen atoms in total. The van der Waals surface area contributed by atoms with E-state index in [2.05, 4.69) is 20.1 Å². The van der Waals surface area contributed by atoms with E-state index < -0.39 is 23.5 Å². The number of hydrogen-bond donors (Lipinski definition) is 3. The van der Waals surface area contributed by atoms with Gasteiger partial charge in [-0.25, -0.2) is 9.48 Å². The normalized spacial score (nSPS) is 11.7. The lowest BCUT2D eigenvalue weighted by molar-refractivity contribution is -0.137. The number of phenolic OH excluding ortho intramolecular Hbond substituents is 1. The summed E-state index contributed by atoms with van der Waals surface area (Å²) in [6.45, 7) is 0. The van der Waals surface area contributed by atoms with Crippen LogP contribution < -0.4 is 10.3 Å². The predicted octanol–water partition coefficient (Wildman–Crippen LogP) is 6.89. The summed E-state index contributed by atoms with van der Waals surface area (Å²) in [5.74, 6) is 0.118. The maximum absolute atomic E-state index is 13.1. The maximum Gasteiger partial charge on any atom is 0.511 e. The summed E-state index contributed by atoms with van der Waals surface area (Å²) in [6.07, 6.45) is -4.20. The van der Waals surface area contributed by atoms with E-state index in [1.54, 1.807) is 30.5 Å². The SMILES string of the molecule is CSCc1[nH]n(-c2ccc(C(F)(F)F)cc2)c(=O)c1N=Nc1cccc(-c2cccc(OC(=O)O)c2)c1O. The van der Waals surface area contributed by atoms with Crippen LogP contribution in [0.2, 0.25) is 0 Å². The van der Waals surface area contributed by atoms with Crippen molar-refractivity contribution in [1.29, 1.82) is 0 Å². The summed E-state index contributed by atoms with van der Waals surface area (Å²) in [4.78, 5) is 23.9. The van der Waals surface area contributed by atoms with Crippen LogP contribution in [0.4, 0.5) is 29.3 Å². The predicted molar refractivity (Wildman–Crippen MR) is 135 cm³/mol. The molecule has 1 aromatic heterocycles. The summed E-state index contributed by atoms with van der Waals surface area (Å²) in [5, 5.41) is 30.6. The van der Waals surface area contributed by atoms with Gasteiger partial charge in [0.25, 0.3) is 5.56 Å². The van der Waals surface area contributed by atoms with Crippen molar-refractivity contribution >= 4 is 29.3 Å². The van der Waals surface area contributed by atoms with Gasteiger partial charge in [0, 0.05) is 11.3 Å². The number of nitrogens with one attached hydrogen (secondary N) is 1. The van der Waals surface area contributed by atoms with Gasteiger partial charge in [-0.1, -0.05) is 24.3 Å². The number of azo groups is 1. The number of phenols is 1. The van der Waals surface area contributed by atoms with Crippen LogP contribution in [0, 0.1) is 0 Å². The number of thioether (sulfide) groups is 1. The Balaban J connectivity index is 1.70. The van der Waals surface area contributed by atoms with Gasteiger partial charge in [-0.05, 0) is 54.3 Å². The highest BCUT2D eigenvalue weighted by atomic mass is 32.2. The fraction of sp³-hybridized carbons (Fsp3) is 0.120. The number of aromatic nitrogens is 2. The molecule has 0 amide bonds. The molecule has 1 heterocycles. The van der Waals surface area contributed by atoms with Crippen molar-refractivity contribution in [2.45, 2.75) is 11.9 Å². The molecular formula is C25H19F3N4O5S. The largest absolute Gasteiger partial charge is 0.511 e. The topological polar surface area (TPSA) is 129 Å². The number of aromatic amines is 1. The number of para-hydroxylation sites is 1. The molecule has 0 radical (unpaired) electrons. The minimum atomic E-state index is -4.51. The van der Waals surface area contributed by atoms with Crippen molar-refractivity contribution in [2.75, 3.05) is 6.26 Å². The maximum atomic E-state index is 13.1. The smallest absolute Gasteiger partial charge is 0.505 e. The Morgan fingerprint density at radius 1 is 1.08 bits per heavy atom. The zero-order chi connectivity index (χ0) is 27.4. The van der Waals surface area contributed by atoms with Crippen LogP contribution in [0.25, 0.3) is 16.8 Å². The van der Waals surface area contributed by atoms with Crippen LogP contribution >= 0.6 is 11.8 Å². The Morgan fingerprint density at radius 3 is 2.45 bits per heavy atom. The lowest BCUT2D eigenvalue weighted by Gasteiger charge is -2.08. The number of carboxylic acid groups (broad SMARTS) is 1. The van der Waals surface area contributed by atoms with Crippen LogP contribution in [0.3, 0.4) is 0 Å². The average molecular weight is 545 g/mol. The van der Waals surface area contributed by atoms with Gasteiger partial charge in [0.1, 0.15) is 11.4 Å². The van der Waals surface area contributed by atoms with E-state index in [1.165, 1.54) is 42.1 Å². The molecule has 3 aromatic carbocycles. The Morgan fingerprint density at radius 2 is 1.79 bits per heavy atom. The third kappa shape index (κ3) is 5.72. The monoisotopic (exact) mass is 544 g/mol. The summed E-state index contributed by atoms with van der Waals surface area (Å²) in [5.41, 5.74) is -0.178. The van der Waals surface area contributed by atoms with Crippen LogP contribution in [-0.2, 0) is 11.9 Å². The van der Waals surface area contributed by atoms with E-state index in [1.807, 2.05) is 0 Å². The molecule has 38 heavy (non-hydrogen) atoms. The highest BCUT2D eigenvalue weighted by Crippen LogP contribution is 2.39. The first-order valence-corrected chi connectivity index (χ1v) is 12.2. The zero-order valence-corrected chi connectivity index (χ0v) is 20.4.